The van der Waals surface area contributed by atoms with Gasteiger partial charge < -0.3 is 19.1 Å². The lowest BCUT2D eigenvalue weighted by atomic mass is 9.94. The zero-order valence-corrected chi connectivity index (χ0v) is 19.3. The molecule has 8 nitrogen and oxygen atoms in total. The van der Waals surface area contributed by atoms with E-state index in [0.29, 0.717) is 25.0 Å². The zero-order valence-electron chi connectivity index (χ0n) is 19.3. The van der Waals surface area contributed by atoms with E-state index in [1.807, 2.05) is 12.1 Å². The largest absolute Gasteiger partial charge is 0.481 e. The Bertz CT molecular complexity index is 997. The number of hydrogen-bond donors (Lipinski definition) is 0. The van der Waals surface area contributed by atoms with E-state index in [1.165, 1.54) is 11.1 Å². The Morgan fingerprint density at radius 1 is 0.727 bits per heavy atom. The van der Waals surface area contributed by atoms with Crippen LogP contribution in [-0.4, -0.2) is 48.8 Å². The van der Waals surface area contributed by atoms with E-state index in [-0.39, 0.29) is 5.41 Å². The molecule has 0 aliphatic heterocycles. The fraction of sp³-hybridized carbons (Fsp3) is 0.520. The van der Waals surface area contributed by atoms with Crippen molar-refractivity contribution in [2.45, 2.75) is 51.4 Å². The van der Waals surface area contributed by atoms with Gasteiger partial charge in [-0.15, -0.1) is 0 Å². The molecule has 0 saturated heterocycles. The van der Waals surface area contributed by atoms with Crippen molar-refractivity contribution in [3.63, 3.8) is 0 Å². The first-order valence-electron chi connectivity index (χ1n) is 11.7. The fourth-order valence-electron chi connectivity index (χ4n) is 4.38. The zero-order chi connectivity index (χ0) is 22.7. The number of nitrogens with zero attached hydrogens (tertiary/aromatic N) is 4. The van der Waals surface area contributed by atoms with Crippen LogP contribution in [0.1, 0.15) is 61.0 Å². The number of rotatable bonds is 8. The summed E-state index contributed by atoms with van der Waals surface area (Å²) in [4.78, 5) is 20.8. The monoisotopic (exact) mass is 450 g/mol. The van der Waals surface area contributed by atoms with Crippen molar-refractivity contribution >= 4 is 11.4 Å². The van der Waals surface area contributed by atoms with E-state index >= 15 is 0 Å². The van der Waals surface area contributed by atoms with Gasteiger partial charge in [-0.2, -0.15) is 0 Å². The topological polar surface area (TPSA) is 87.4 Å². The summed E-state index contributed by atoms with van der Waals surface area (Å²) in [5, 5.41) is 8.91. The first-order valence-corrected chi connectivity index (χ1v) is 11.7. The lowest BCUT2D eigenvalue weighted by molar-refractivity contribution is 0.0316. The molecule has 174 valence electrons. The lowest BCUT2D eigenvalue weighted by Gasteiger charge is -2.19. The number of methoxy groups -OCH3 is 2. The Morgan fingerprint density at radius 2 is 1.21 bits per heavy atom. The molecule has 2 aromatic heterocycles. The van der Waals surface area contributed by atoms with Gasteiger partial charge in [0.2, 0.25) is 11.8 Å². The van der Waals surface area contributed by atoms with E-state index in [4.69, 9.17) is 19.1 Å². The van der Waals surface area contributed by atoms with Gasteiger partial charge >= 0.3 is 0 Å². The molecular weight excluding hydrogens is 420 g/mol. The molecule has 0 N–H and O–H groups in total. The van der Waals surface area contributed by atoms with Crippen LogP contribution in [0.25, 0.3) is 0 Å². The maximum atomic E-state index is 5.81. The molecule has 0 amide bonds. The summed E-state index contributed by atoms with van der Waals surface area (Å²) in [5.41, 5.74) is 5.95. The Morgan fingerprint density at radius 3 is 1.64 bits per heavy atom. The third-order valence-electron chi connectivity index (χ3n) is 6.64. The summed E-state index contributed by atoms with van der Waals surface area (Å²) in [6.07, 6.45) is 7.94. The Hall–Kier alpha value is -3.16. The van der Waals surface area contributed by atoms with Crippen molar-refractivity contribution in [3.8, 4) is 11.8 Å². The molecule has 1 fully saturated rings. The highest BCUT2D eigenvalue weighted by Gasteiger charge is 2.45. The van der Waals surface area contributed by atoms with Crippen LogP contribution in [0.4, 0.5) is 0 Å². The number of pyridine rings is 2. The van der Waals surface area contributed by atoms with Crippen molar-refractivity contribution in [1.29, 1.82) is 0 Å². The molecule has 0 spiro atoms. The molecule has 3 aliphatic carbocycles. The van der Waals surface area contributed by atoms with Crippen LogP contribution in [-0.2, 0) is 22.5 Å². The standard InChI is InChI=1S/C25H30N4O4/c1-30-21-11-9-17-5-3-7-19(23(17)26-21)28-32-15-25(13-14-25)16-33-29-20-8-4-6-18-10-12-22(31-2)27-24(18)20/h9-12H,3-8,13-16H2,1-2H3/b28-19+,29-20+. The normalized spacial score (nSPS) is 20.7. The molecule has 0 radical (unpaired) electrons. The minimum Gasteiger partial charge on any atom is -0.481 e. The van der Waals surface area contributed by atoms with E-state index in [9.17, 15) is 0 Å². The SMILES string of the molecule is COc1ccc2c(n1)/C(=N/OCC1(CO/N=C3\CCCc4ccc(OC)nc43)CC1)CCC2. The van der Waals surface area contributed by atoms with Crippen LogP contribution >= 0.6 is 0 Å². The first kappa shape index (κ1) is 21.7. The number of ether oxygens (including phenoxy) is 2. The minimum atomic E-state index is -0.0211. The predicted molar refractivity (Wildman–Crippen MR) is 124 cm³/mol. The molecule has 1 saturated carbocycles. The summed E-state index contributed by atoms with van der Waals surface area (Å²) in [7, 11) is 3.26. The number of hydrogen-bond acceptors (Lipinski definition) is 8. The highest BCUT2D eigenvalue weighted by molar-refractivity contribution is 6.01. The molecule has 33 heavy (non-hydrogen) atoms. The third kappa shape index (κ3) is 4.79. The van der Waals surface area contributed by atoms with Crippen LogP contribution in [0.5, 0.6) is 11.8 Å². The lowest BCUT2D eigenvalue weighted by Crippen LogP contribution is -2.19. The van der Waals surface area contributed by atoms with Crippen LogP contribution in [0, 0.1) is 5.41 Å². The molecule has 0 unspecified atom stereocenters. The van der Waals surface area contributed by atoms with Crippen LogP contribution in [0.3, 0.4) is 0 Å². The molecule has 0 aromatic carbocycles. The van der Waals surface area contributed by atoms with Gasteiger partial charge in [0.1, 0.15) is 24.6 Å². The average Bonchev–Trinajstić information content (AvgIpc) is 3.63. The maximum absolute atomic E-state index is 5.81. The molecule has 2 aromatic rings. The van der Waals surface area contributed by atoms with Gasteiger partial charge in [-0.3, -0.25) is 0 Å². The van der Waals surface area contributed by atoms with E-state index in [1.54, 1.807) is 14.2 Å². The van der Waals surface area contributed by atoms with Gasteiger partial charge in [-0.25, -0.2) is 9.97 Å². The Kier molecular flexibility index (Phi) is 6.15. The quantitative estimate of drug-likeness (QED) is 0.563. The second-order valence-electron chi connectivity index (χ2n) is 9.05. The summed E-state index contributed by atoms with van der Waals surface area (Å²) in [5.74, 6) is 1.21. The fourth-order valence-corrected chi connectivity index (χ4v) is 4.38. The molecule has 0 atom stereocenters. The van der Waals surface area contributed by atoms with Gasteiger partial charge in [-0.05, 0) is 62.5 Å². The molecule has 3 aliphatic rings. The Balaban J connectivity index is 1.20. The van der Waals surface area contributed by atoms with E-state index in [0.717, 1.165) is 74.2 Å². The Labute approximate surface area is 194 Å². The summed E-state index contributed by atoms with van der Waals surface area (Å²) in [6.45, 7) is 1.03. The predicted octanol–water partition coefficient (Wildman–Crippen LogP) is 4.09. The molecular formula is C25H30N4O4. The minimum absolute atomic E-state index is 0.0211. The first-order chi connectivity index (χ1) is 16.2. The number of fused-ring (bicyclic) bond motifs is 2. The molecule has 2 heterocycles. The molecule has 8 heteroatoms. The summed E-state index contributed by atoms with van der Waals surface area (Å²) >= 11 is 0. The van der Waals surface area contributed by atoms with Crippen molar-refractivity contribution in [2.75, 3.05) is 27.4 Å². The number of aromatic nitrogens is 2. The average molecular weight is 451 g/mol. The maximum Gasteiger partial charge on any atom is 0.213 e. The number of aryl methyl sites for hydroxylation is 2. The summed E-state index contributed by atoms with van der Waals surface area (Å²) < 4.78 is 10.6. The molecule has 5 rings (SSSR count). The molecule has 0 bridgehead atoms. The second-order valence-corrected chi connectivity index (χ2v) is 9.05. The van der Waals surface area contributed by atoms with E-state index in [2.05, 4.69) is 32.4 Å². The van der Waals surface area contributed by atoms with Crippen LogP contribution in [0.15, 0.2) is 34.6 Å². The van der Waals surface area contributed by atoms with Gasteiger partial charge in [0, 0.05) is 17.5 Å². The van der Waals surface area contributed by atoms with Crippen molar-refractivity contribution in [3.05, 3.63) is 46.8 Å². The van der Waals surface area contributed by atoms with Gasteiger partial charge in [0.15, 0.2) is 0 Å². The van der Waals surface area contributed by atoms with Crippen LogP contribution < -0.4 is 9.47 Å². The smallest absolute Gasteiger partial charge is 0.213 e. The van der Waals surface area contributed by atoms with E-state index < -0.39 is 0 Å². The highest BCUT2D eigenvalue weighted by Crippen LogP contribution is 2.46. The van der Waals surface area contributed by atoms with Crippen molar-refractivity contribution in [2.24, 2.45) is 15.7 Å². The van der Waals surface area contributed by atoms with Crippen molar-refractivity contribution in [1.82, 2.24) is 9.97 Å². The van der Waals surface area contributed by atoms with Gasteiger partial charge in [0.05, 0.1) is 25.6 Å². The second kappa shape index (κ2) is 9.37. The van der Waals surface area contributed by atoms with Gasteiger partial charge in [0.25, 0.3) is 0 Å². The third-order valence-corrected chi connectivity index (χ3v) is 6.64. The van der Waals surface area contributed by atoms with Gasteiger partial charge in [-0.1, -0.05) is 22.4 Å². The highest BCUT2D eigenvalue weighted by atomic mass is 16.6. The summed E-state index contributed by atoms with van der Waals surface area (Å²) in [6, 6.07) is 7.94. The van der Waals surface area contributed by atoms with Crippen LogP contribution in [0.2, 0.25) is 0 Å². The number of oxime groups is 2. The van der Waals surface area contributed by atoms with Crippen molar-refractivity contribution < 1.29 is 19.1 Å².